The molecule has 0 radical (unpaired) electrons. The van der Waals surface area contributed by atoms with Crippen LogP contribution in [0.1, 0.15) is 6.92 Å². The molecule has 1 aromatic heterocycles. The van der Waals surface area contributed by atoms with Gasteiger partial charge in [-0.1, -0.05) is 23.7 Å². The second kappa shape index (κ2) is 6.99. The van der Waals surface area contributed by atoms with Crippen molar-refractivity contribution in [1.29, 1.82) is 0 Å². The number of rotatable bonds is 5. The average molecular weight is 309 g/mol. The van der Waals surface area contributed by atoms with Crippen LogP contribution < -0.4 is 15.4 Å². The molecule has 112 valence electrons. The molecule has 0 spiro atoms. The van der Waals surface area contributed by atoms with E-state index in [0.29, 0.717) is 23.0 Å². The Hall–Kier alpha value is -2.21. The Balaban J connectivity index is 1.77. The van der Waals surface area contributed by atoms with Gasteiger partial charge in [0.15, 0.2) is 0 Å². The number of aryl methyl sites for hydroxylation is 1. The summed E-state index contributed by atoms with van der Waals surface area (Å²) in [5.41, 5.74) is 0.634. The molecule has 1 atom stereocenters. The first kappa shape index (κ1) is 15.2. The molecule has 0 saturated heterocycles. The highest BCUT2D eigenvalue weighted by atomic mass is 35.5. The van der Waals surface area contributed by atoms with E-state index in [9.17, 15) is 4.79 Å². The van der Waals surface area contributed by atoms with E-state index >= 15 is 0 Å². The Kier molecular flexibility index (Phi) is 5.05. The van der Waals surface area contributed by atoms with Gasteiger partial charge in [0.25, 0.3) is 0 Å². The van der Waals surface area contributed by atoms with E-state index in [0.717, 1.165) is 0 Å². The van der Waals surface area contributed by atoms with Crippen molar-refractivity contribution in [3.8, 4) is 5.75 Å². The van der Waals surface area contributed by atoms with E-state index in [-0.39, 0.29) is 12.1 Å². The topological polar surface area (TPSA) is 68.2 Å². The molecule has 1 heterocycles. The molecule has 7 heteroatoms. The largest absolute Gasteiger partial charge is 0.487 e. The Labute approximate surface area is 128 Å². The smallest absolute Gasteiger partial charge is 0.319 e. The average Bonchev–Trinajstić information content (AvgIpc) is 2.84. The molecular weight excluding hydrogens is 292 g/mol. The number of nitrogens with one attached hydrogen (secondary N) is 2. The number of carbonyl (C=O) groups excluding carboxylic acids is 1. The number of nitrogens with zero attached hydrogens (tertiary/aromatic N) is 2. The molecule has 6 nitrogen and oxygen atoms in total. The maximum absolute atomic E-state index is 11.7. The van der Waals surface area contributed by atoms with E-state index < -0.39 is 0 Å². The van der Waals surface area contributed by atoms with Gasteiger partial charge < -0.3 is 15.4 Å². The van der Waals surface area contributed by atoms with Gasteiger partial charge in [-0.3, -0.25) is 4.68 Å². The van der Waals surface area contributed by atoms with Crippen LogP contribution in [0.15, 0.2) is 36.7 Å². The van der Waals surface area contributed by atoms with E-state index in [2.05, 4.69) is 15.7 Å². The van der Waals surface area contributed by atoms with Crippen molar-refractivity contribution in [1.82, 2.24) is 15.1 Å². The molecule has 2 N–H and O–H groups in total. The van der Waals surface area contributed by atoms with Gasteiger partial charge in [-0.2, -0.15) is 5.10 Å². The molecule has 2 rings (SSSR count). The number of hydrogen-bond donors (Lipinski definition) is 2. The van der Waals surface area contributed by atoms with Gasteiger partial charge in [0.05, 0.1) is 23.5 Å². The summed E-state index contributed by atoms with van der Waals surface area (Å²) in [7, 11) is 1.78. The van der Waals surface area contributed by atoms with Gasteiger partial charge in [-0.05, 0) is 19.1 Å². The van der Waals surface area contributed by atoms with Gasteiger partial charge in [-0.15, -0.1) is 0 Å². The summed E-state index contributed by atoms with van der Waals surface area (Å²) in [5.74, 6) is 0.598. The first-order chi connectivity index (χ1) is 10.0. The lowest BCUT2D eigenvalue weighted by atomic mass is 10.3. The zero-order chi connectivity index (χ0) is 15.2. The van der Waals surface area contributed by atoms with Crippen molar-refractivity contribution in [3.05, 3.63) is 41.7 Å². The maximum atomic E-state index is 11.7. The van der Waals surface area contributed by atoms with Crippen molar-refractivity contribution < 1.29 is 9.53 Å². The van der Waals surface area contributed by atoms with E-state index in [1.165, 1.54) is 0 Å². The minimum atomic E-state index is -0.308. The minimum Gasteiger partial charge on any atom is -0.487 e. The Bertz CT molecular complexity index is 615. The second-order valence-corrected chi connectivity index (χ2v) is 5.00. The number of ether oxygens (including phenoxy) is 1. The molecule has 21 heavy (non-hydrogen) atoms. The zero-order valence-electron chi connectivity index (χ0n) is 11.8. The normalized spacial score (nSPS) is 11.8. The summed E-state index contributed by atoms with van der Waals surface area (Å²) in [6.45, 7) is 2.21. The SMILES string of the molecule is CC(CNC(=O)Nc1cnn(C)c1)Oc1ccccc1Cl. The molecule has 1 aromatic carbocycles. The highest BCUT2D eigenvalue weighted by Gasteiger charge is 2.09. The number of amides is 2. The van der Waals surface area contributed by atoms with Gasteiger partial charge in [-0.25, -0.2) is 4.79 Å². The number of carbonyl (C=O) groups is 1. The molecular formula is C14H17ClN4O2. The van der Waals surface area contributed by atoms with Crippen molar-refractivity contribution in [3.63, 3.8) is 0 Å². The molecule has 0 saturated carbocycles. The predicted octanol–water partition coefficient (Wildman–Crippen LogP) is 2.66. The molecule has 0 fully saturated rings. The van der Waals surface area contributed by atoms with Gasteiger partial charge >= 0.3 is 6.03 Å². The van der Waals surface area contributed by atoms with Crippen LogP contribution in [0.5, 0.6) is 5.75 Å². The monoisotopic (exact) mass is 308 g/mol. The maximum Gasteiger partial charge on any atom is 0.319 e. The Morgan fingerprint density at radius 3 is 2.90 bits per heavy atom. The lowest BCUT2D eigenvalue weighted by molar-refractivity contribution is 0.212. The third kappa shape index (κ3) is 4.68. The summed E-state index contributed by atoms with van der Waals surface area (Å²) < 4.78 is 7.27. The lowest BCUT2D eigenvalue weighted by Gasteiger charge is -2.16. The fourth-order valence-electron chi connectivity index (χ4n) is 1.70. The van der Waals surface area contributed by atoms with Gasteiger partial charge in [0, 0.05) is 13.2 Å². The number of halogens is 1. The quantitative estimate of drug-likeness (QED) is 0.892. The van der Waals surface area contributed by atoms with Gasteiger partial charge in [0.1, 0.15) is 11.9 Å². The first-order valence-electron chi connectivity index (χ1n) is 6.49. The van der Waals surface area contributed by atoms with E-state index in [1.807, 2.05) is 19.1 Å². The van der Waals surface area contributed by atoms with Crippen molar-refractivity contribution in [2.45, 2.75) is 13.0 Å². The second-order valence-electron chi connectivity index (χ2n) is 4.60. The standard InChI is InChI=1S/C14H17ClN4O2/c1-10(21-13-6-4-3-5-12(13)15)7-16-14(20)18-11-8-17-19(2)9-11/h3-6,8-10H,7H2,1-2H3,(H2,16,18,20). The highest BCUT2D eigenvalue weighted by Crippen LogP contribution is 2.23. The minimum absolute atomic E-state index is 0.204. The summed E-state index contributed by atoms with van der Waals surface area (Å²) in [5, 5.41) is 9.91. The van der Waals surface area contributed by atoms with Crippen molar-refractivity contribution >= 4 is 23.3 Å². The Morgan fingerprint density at radius 2 is 2.24 bits per heavy atom. The third-order valence-corrected chi connectivity index (χ3v) is 2.99. The zero-order valence-corrected chi connectivity index (χ0v) is 12.6. The summed E-state index contributed by atoms with van der Waals surface area (Å²) in [4.78, 5) is 11.7. The molecule has 1 unspecified atom stereocenters. The van der Waals surface area contributed by atoms with Crippen molar-refractivity contribution in [2.24, 2.45) is 7.05 Å². The van der Waals surface area contributed by atoms with Gasteiger partial charge in [0.2, 0.25) is 0 Å². The van der Waals surface area contributed by atoms with Crippen LogP contribution in [0.3, 0.4) is 0 Å². The number of hydrogen-bond acceptors (Lipinski definition) is 3. The van der Waals surface area contributed by atoms with Crippen LogP contribution >= 0.6 is 11.6 Å². The highest BCUT2D eigenvalue weighted by molar-refractivity contribution is 6.32. The van der Waals surface area contributed by atoms with Crippen LogP contribution in [0.25, 0.3) is 0 Å². The summed E-state index contributed by atoms with van der Waals surface area (Å²) >= 11 is 6.01. The van der Waals surface area contributed by atoms with Crippen LogP contribution in [-0.2, 0) is 7.05 Å². The number of aromatic nitrogens is 2. The summed E-state index contributed by atoms with van der Waals surface area (Å²) in [6, 6.07) is 6.91. The molecule has 2 amide bonds. The molecule has 2 aromatic rings. The number of benzene rings is 1. The Morgan fingerprint density at radius 1 is 1.48 bits per heavy atom. The van der Waals surface area contributed by atoms with E-state index in [1.54, 1.807) is 36.3 Å². The summed E-state index contributed by atoms with van der Waals surface area (Å²) in [6.07, 6.45) is 3.08. The third-order valence-electron chi connectivity index (χ3n) is 2.68. The van der Waals surface area contributed by atoms with Crippen LogP contribution in [0.4, 0.5) is 10.5 Å². The van der Waals surface area contributed by atoms with Crippen molar-refractivity contribution in [2.75, 3.05) is 11.9 Å². The fraction of sp³-hybridized carbons (Fsp3) is 0.286. The predicted molar refractivity (Wildman–Crippen MR) is 81.8 cm³/mol. The number of urea groups is 1. The molecule has 0 aliphatic carbocycles. The van der Waals surface area contributed by atoms with Crippen LogP contribution in [0, 0.1) is 0 Å². The lowest BCUT2D eigenvalue weighted by Crippen LogP contribution is -2.36. The fourth-order valence-corrected chi connectivity index (χ4v) is 1.88. The molecule has 0 aliphatic heterocycles. The molecule has 0 bridgehead atoms. The number of anilines is 1. The van der Waals surface area contributed by atoms with Crippen LogP contribution in [-0.4, -0.2) is 28.5 Å². The van der Waals surface area contributed by atoms with E-state index in [4.69, 9.17) is 16.3 Å². The first-order valence-corrected chi connectivity index (χ1v) is 6.87. The number of para-hydroxylation sites is 1. The van der Waals surface area contributed by atoms with Crippen LogP contribution in [0.2, 0.25) is 5.02 Å². The molecule has 0 aliphatic rings.